The van der Waals surface area contributed by atoms with Crippen molar-refractivity contribution in [3.8, 4) is 0 Å². The smallest absolute Gasteiger partial charge is 0.308 e. The number of carboxylic acids is 1. The molecule has 0 spiro atoms. The molecule has 2 heterocycles. The van der Waals surface area contributed by atoms with Crippen molar-refractivity contribution >= 4 is 17.3 Å². The van der Waals surface area contributed by atoms with Gasteiger partial charge in [0.15, 0.2) is 0 Å². The molecule has 0 amide bonds. The van der Waals surface area contributed by atoms with Crippen LogP contribution in [0, 0.1) is 28.8 Å². The van der Waals surface area contributed by atoms with Gasteiger partial charge >= 0.3 is 5.97 Å². The molecule has 2 bridgehead atoms. The van der Waals surface area contributed by atoms with Crippen LogP contribution in [0.1, 0.15) is 24.8 Å². The van der Waals surface area contributed by atoms with E-state index >= 15 is 0 Å². The van der Waals surface area contributed by atoms with E-state index < -0.39 is 22.6 Å². The average molecular weight is 294 g/mol. The molecule has 0 saturated carbocycles. The largest absolute Gasteiger partial charge is 0.481 e. The molecule has 2 fully saturated rings. The molecule has 3 atom stereocenters. The Labute approximate surface area is 120 Å². The van der Waals surface area contributed by atoms with E-state index in [0.29, 0.717) is 24.1 Å². The van der Waals surface area contributed by atoms with Crippen molar-refractivity contribution in [1.29, 1.82) is 0 Å². The van der Waals surface area contributed by atoms with Crippen LogP contribution in [0.4, 0.5) is 15.8 Å². The molecule has 1 N–H and O–H groups in total. The number of aliphatic carboxylic acids is 1. The van der Waals surface area contributed by atoms with Crippen LogP contribution in [0.5, 0.6) is 0 Å². The normalized spacial score (nSPS) is 27.1. The summed E-state index contributed by atoms with van der Waals surface area (Å²) in [5.74, 6) is -1.99. The Hall–Kier alpha value is -2.18. The molecule has 6 nitrogen and oxygen atoms in total. The maximum atomic E-state index is 13.6. The zero-order valence-corrected chi connectivity index (χ0v) is 11.5. The van der Waals surface area contributed by atoms with E-state index in [1.165, 1.54) is 6.07 Å². The van der Waals surface area contributed by atoms with Crippen LogP contribution in [0.15, 0.2) is 12.1 Å². The predicted molar refractivity (Wildman–Crippen MR) is 72.8 cm³/mol. The van der Waals surface area contributed by atoms with Crippen LogP contribution in [0.25, 0.3) is 0 Å². The minimum Gasteiger partial charge on any atom is -0.481 e. The Balaban J connectivity index is 2.07. The number of hydrogen-bond acceptors (Lipinski definition) is 4. The lowest BCUT2D eigenvalue weighted by Gasteiger charge is -2.25. The predicted octanol–water partition coefficient (Wildman–Crippen LogP) is 2.48. The van der Waals surface area contributed by atoms with Gasteiger partial charge in [0.2, 0.25) is 0 Å². The standard InChI is InChI=1S/C14H15FN2O4/c1-7-4-12(13(17(20)21)6-10(7)15)16-8-2-3-11(16)9(5-8)14(18)19/h4,6,8-9,11H,2-3,5H2,1H3,(H,18,19). The van der Waals surface area contributed by atoms with E-state index in [4.69, 9.17) is 0 Å². The van der Waals surface area contributed by atoms with Crippen molar-refractivity contribution in [1.82, 2.24) is 0 Å². The second-order valence-corrected chi connectivity index (χ2v) is 5.73. The fourth-order valence-corrected chi connectivity index (χ4v) is 3.64. The molecule has 2 aliphatic rings. The van der Waals surface area contributed by atoms with Gasteiger partial charge in [-0.2, -0.15) is 0 Å². The number of halogens is 1. The molecule has 3 unspecified atom stereocenters. The van der Waals surface area contributed by atoms with Crippen molar-refractivity contribution in [3.05, 3.63) is 33.6 Å². The van der Waals surface area contributed by atoms with E-state index in [1.54, 1.807) is 6.92 Å². The van der Waals surface area contributed by atoms with Crippen molar-refractivity contribution in [2.45, 2.75) is 38.3 Å². The molecule has 1 aromatic rings. The van der Waals surface area contributed by atoms with Gasteiger partial charge in [0.25, 0.3) is 5.69 Å². The third kappa shape index (κ3) is 2.03. The summed E-state index contributed by atoms with van der Waals surface area (Å²) in [5, 5.41) is 20.4. The Bertz CT molecular complexity index is 634. The van der Waals surface area contributed by atoms with Gasteiger partial charge in [-0.3, -0.25) is 14.9 Å². The molecular weight excluding hydrogens is 279 g/mol. The molecular formula is C14H15FN2O4. The lowest BCUT2D eigenvalue weighted by molar-refractivity contribution is -0.384. The molecule has 1 aromatic carbocycles. The average Bonchev–Trinajstić information content (AvgIpc) is 2.98. The Morgan fingerprint density at radius 3 is 2.76 bits per heavy atom. The number of nitro benzene ring substituents is 1. The van der Waals surface area contributed by atoms with Gasteiger partial charge in [0, 0.05) is 12.1 Å². The highest BCUT2D eigenvalue weighted by molar-refractivity contribution is 5.76. The quantitative estimate of drug-likeness (QED) is 0.684. The molecule has 21 heavy (non-hydrogen) atoms. The summed E-state index contributed by atoms with van der Waals surface area (Å²) in [6.45, 7) is 1.55. The summed E-state index contributed by atoms with van der Waals surface area (Å²) in [6.07, 6.45) is 2.02. The third-order valence-electron chi connectivity index (χ3n) is 4.58. The molecule has 2 aliphatic heterocycles. The van der Waals surface area contributed by atoms with Crippen LogP contribution in [-0.2, 0) is 4.79 Å². The summed E-state index contributed by atoms with van der Waals surface area (Å²) in [7, 11) is 0. The molecule has 2 saturated heterocycles. The molecule has 0 aliphatic carbocycles. The zero-order chi connectivity index (χ0) is 15.3. The number of rotatable bonds is 3. The van der Waals surface area contributed by atoms with Gasteiger partial charge in [-0.15, -0.1) is 0 Å². The molecule has 112 valence electrons. The van der Waals surface area contributed by atoms with Gasteiger partial charge in [0.1, 0.15) is 11.5 Å². The summed E-state index contributed by atoms with van der Waals surface area (Å²) < 4.78 is 13.6. The Kier molecular flexibility index (Phi) is 3.07. The fourth-order valence-electron chi connectivity index (χ4n) is 3.64. The highest BCUT2D eigenvalue weighted by Gasteiger charge is 2.50. The van der Waals surface area contributed by atoms with Gasteiger partial charge in [0.05, 0.1) is 16.9 Å². The number of anilines is 1. The maximum Gasteiger partial charge on any atom is 0.308 e. The van der Waals surface area contributed by atoms with E-state index in [9.17, 15) is 24.4 Å². The molecule has 3 rings (SSSR count). The van der Waals surface area contributed by atoms with Crippen LogP contribution >= 0.6 is 0 Å². The Morgan fingerprint density at radius 1 is 1.48 bits per heavy atom. The van der Waals surface area contributed by atoms with E-state index in [-0.39, 0.29) is 17.8 Å². The third-order valence-corrected chi connectivity index (χ3v) is 4.58. The molecule has 0 aromatic heterocycles. The summed E-state index contributed by atoms with van der Waals surface area (Å²) >= 11 is 0. The second kappa shape index (κ2) is 4.68. The number of carboxylic acid groups (broad SMARTS) is 1. The van der Waals surface area contributed by atoms with E-state index in [1.807, 2.05) is 4.90 Å². The summed E-state index contributed by atoms with van der Waals surface area (Å²) in [5.41, 5.74) is 0.380. The van der Waals surface area contributed by atoms with Gasteiger partial charge in [-0.1, -0.05) is 0 Å². The lowest BCUT2D eigenvalue weighted by atomic mass is 9.89. The number of fused-ring (bicyclic) bond motifs is 2. The number of nitrogens with zero attached hydrogens (tertiary/aromatic N) is 2. The van der Waals surface area contributed by atoms with Crippen molar-refractivity contribution in [2.75, 3.05) is 4.90 Å². The van der Waals surface area contributed by atoms with Crippen molar-refractivity contribution in [3.63, 3.8) is 0 Å². The number of hydrogen-bond donors (Lipinski definition) is 1. The minimum absolute atomic E-state index is 0.0142. The SMILES string of the molecule is Cc1cc(N2C3CCC2C(C(=O)O)C3)c([N+](=O)[O-])cc1F. The summed E-state index contributed by atoms with van der Waals surface area (Å²) in [4.78, 5) is 23.7. The highest BCUT2D eigenvalue weighted by atomic mass is 19.1. The van der Waals surface area contributed by atoms with E-state index in [0.717, 1.165) is 12.5 Å². The molecule has 0 radical (unpaired) electrons. The first-order chi connectivity index (χ1) is 9.90. The topological polar surface area (TPSA) is 83.7 Å². The number of benzene rings is 1. The number of aryl methyl sites for hydroxylation is 1. The van der Waals surface area contributed by atoms with Crippen molar-refractivity contribution < 1.29 is 19.2 Å². The number of carbonyl (C=O) groups is 1. The van der Waals surface area contributed by atoms with Gasteiger partial charge < -0.3 is 10.0 Å². The fraction of sp³-hybridized carbons (Fsp3) is 0.500. The summed E-state index contributed by atoms with van der Waals surface area (Å²) in [6, 6.07) is 2.14. The maximum absolute atomic E-state index is 13.6. The Morgan fingerprint density at radius 2 is 2.19 bits per heavy atom. The molecule has 7 heteroatoms. The first-order valence-electron chi connectivity index (χ1n) is 6.86. The first-order valence-corrected chi connectivity index (χ1v) is 6.86. The van der Waals surface area contributed by atoms with Crippen LogP contribution in [0.3, 0.4) is 0 Å². The first kappa shape index (κ1) is 13.8. The second-order valence-electron chi connectivity index (χ2n) is 5.73. The van der Waals surface area contributed by atoms with Crippen molar-refractivity contribution in [2.24, 2.45) is 5.92 Å². The highest BCUT2D eigenvalue weighted by Crippen LogP contribution is 2.47. The minimum atomic E-state index is -0.867. The van der Waals surface area contributed by atoms with Crippen LogP contribution in [-0.4, -0.2) is 28.1 Å². The number of nitro groups is 1. The van der Waals surface area contributed by atoms with Gasteiger partial charge in [-0.25, -0.2) is 4.39 Å². The lowest BCUT2D eigenvalue weighted by Crippen LogP contribution is -2.33. The van der Waals surface area contributed by atoms with Crippen LogP contribution in [0.2, 0.25) is 0 Å². The zero-order valence-electron chi connectivity index (χ0n) is 11.5. The van der Waals surface area contributed by atoms with Gasteiger partial charge in [-0.05, 0) is 37.8 Å². The van der Waals surface area contributed by atoms with E-state index in [2.05, 4.69) is 0 Å². The van der Waals surface area contributed by atoms with Crippen LogP contribution < -0.4 is 4.90 Å². The monoisotopic (exact) mass is 294 g/mol.